The molecule has 0 aliphatic carbocycles. The molecule has 7 heteroatoms. The van der Waals surface area contributed by atoms with Crippen molar-refractivity contribution in [2.45, 2.75) is 31.9 Å². The van der Waals surface area contributed by atoms with Gasteiger partial charge in [-0.25, -0.2) is 4.79 Å². The number of alkyl halides is 1. The van der Waals surface area contributed by atoms with E-state index in [9.17, 15) is 9.59 Å². The van der Waals surface area contributed by atoms with Gasteiger partial charge >= 0.3 is 6.09 Å². The second-order valence-electron chi connectivity index (χ2n) is 5.31. The van der Waals surface area contributed by atoms with Crippen LogP contribution in [0.1, 0.15) is 20.8 Å². The molecule has 0 aromatic heterocycles. The first-order chi connectivity index (χ1) is 8.26. The number of hydrogen-bond donors (Lipinski definition) is 2. The zero-order chi connectivity index (χ0) is 13.8. The first-order valence-corrected chi connectivity index (χ1v) is 6.21. The van der Waals surface area contributed by atoms with Crippen molar-refractivity contribution in [2.75, 3.05) is 25.6 Å². The fourth-order valence-corrected chi connectivity index (χ4v) is 1.52. The van der Waals surface area contributed by atoms with Gasteiger partial charge in [0.15, 0.2) is 0 Å². The van der Waals surface area contributed by atoms with Crippen LogP contribution in [0.5, 0.6) is 0 Å². The van der Waals surface area contributed by atoms with Crippen molar-refractivity contribution in [1.29, 1.82) is 0 Å². The van der Waals surface area contributed by atoms with Gasteiger partial charge < -0.3 is 20.1 Å². The summed E-state index contributed by atoms with van der Waals surface area (Å²) in [6.07, 6.45) is -0.520. The molecule has 1 fully saturated rings. The molecule has 1 heterocycles. The van der Waals surface area contributed by atoms with E-state index in [1.54, 1.807) is 20.8 Å². The Hall–Kier alpha value is -1.01. The van der Waals surface area contributed by atoms with Gasteiger partial charge in [0.2, 0.25) is 5.91 Å². The third kappa shape index (κ3) is 4.70. The third-order valence-corrected chi connectivity index (χ3v) is 2.50. The van der Waals surface area contributed by atoms with Crippen molar-refractivity contribution in [2.24, 2.45) is 0 Å². The van der Waals surface area contributed by atoms with Crippen molar-refractivity contribution in [3.05, 3.63) is 0 Å². The lowest BCUT2D eigenvalue weighted by atomic mass is 9.97. The van der Waals surface area contributed by atoms with Gasteiger partial charge in [-0.2, -0.15) is 0 Å². The van der Waals surface area contributed by atoms with Crippen LogP contribution in [-0.4, -0.2) is 48.8 Å². The number of halogens is 1. The van der Waals surface area contributed by atoms with Crippen LogP contribution in [-0.2, 0) is 14.3 Å². The smallest absolute Gasteiger partial charge is 0.407 e. The van der Waals surface area contributed by atoms with Crippen LogP contribution >= 0.6 is 11.6 Å². The van der Waals surface area contributed by atoms with E-state index in [0.717, 1.165) is 0 Å². The Balaban J connectivity index is 2.40. The maximum atomic E-state index is 11.5. The average molecular weight is 279 g/mol. The predicted molar refractivity (Wildman–Crippen MR) is 66.6 cm³/mol. The minimum atomic E-state index is -0.567. The average Bonchev–Trinajstić information content (AvgIpc) is 2.18. The first-order valence-electron chi connectivity index (χ1n) is 5.68. The van der Waals surface area contributed by atoms with Gasteiger partial charge in [-0.1, -0.05) is 0 Å². The summed E-state index contributed by atoms with van der Waals surface area (Å²) in [4.78, 5) is 22.7. The first kappa shape index (κ1) is 15.0. The van der Waals surface area contributed by atoms with Crippen molar-refractivity contribution >= 4 is 23.6 Å². The van der Waals surface area contributed by atoms with Gasteiger partial charge in [-0.3, -0.25) is 4.79 Å². The van der Waals surface area contributed by atoms with Crippen molar-refractivity contribution < 1.29 is 19.1 Å². The fourth-order valence-electron chi connectivity index (χ4n) is 1.45. The van der Waals surface area contributed by atoms with Gasteiger partial charge in [-0.15, -0.1) is 11.6 Å². The summed E-state index contributed by atoms with van der Waals surface area (Å²) in [6.45, 7) is 6.31. The van der Waals surface area contributed by atoms with Gasteiger partial charge in [-0.05, 0) is 20.8 Å². The number of rotatable bonds is 4. The molecule has 0 aromatic rings. The molecule has 6 nitrogen and oxygen atoms in total. The highest BCUT2D eigenvalue weighted by Gasteiger charge is 2.40. The van der Waals surface area contributed by atoms with Crippen LogP contribution in [0, 0.1) is 0 Å². The highest BCUT2D eigenvalue weighted by atomic mass is 35.5. The van der Waals surface area contributed by atoms with E-state index >= 15 is 0 Å². The minimum absolute atomic E-state index is 0.117. The molecule has 104 valence electrons. The number of ether oxygens (including phenoxy) is 2. The van der Waals surface area contributed by atoms with Gasteiger partial charge in [0.25, 0.3) is 0 Å². The molecule has 1 rings (SSSR count). The number of carbonyl (C=O) groups excluding carboxylic acids is 2. The minimum Gasteiger partial charge on any atom is -0.444 e. The lowest BCUT2D eigenvalue weighted by Gasteiger charge is -2.41. The summed E-state index contributed by atoms with van der Waals surface area (Å²) in [7, 11) is 0. The molecule has 0 aromatic carbocycles. The number of hydrogen-bond acceptors (Lipinski definition) is 4. The van der Waals surface area contributed by atoms with Crippen molar-refractivity contribution in [1.82, 2.24) is 10.6 Å². The Labute approximate surface area is 111 Å². The molecule has 0 spiro atoms. The molecule has 1 saturated heterocycles. The topological polar surface area (TPSA) is 76.7 Å². The summed E-state index contributed by atoms with van der Waals surface area (Å²) >= 11 is 5.42. The lowest BCUT2D eigenvalue weighted by molar-refractivity contribution is -0.130. The highest BCUT2D eigenvalue weighted by molar-refractivity contribution is 6.27. The zero-order valence-electron chi connectivity index (χ0n) is 10.8. The molecular formula is C11H19ClN2O4. The molecule has 0 radical (unpaired) electrons. The van der Waals surface area contributed by atoms with Crippen LogP contribution in [0.3, 0.4) is 0 Å². The molecule has 1 aliphatic heterocycles. The maximum Gasteiger partial charge on any atom is 0.407 e. The van der Waals surface area contributed by atoms with Gasteiger partial charge in [0.05, 0.1) is 13.2 Å². The molecule has 0 unspecified atom stereocenters. The molecule has 2 amide bonds. The SMILES string of the molecule is CC(C)(C)OC(=O)NCC1(NC(=O)CCl)COC1. The Morgan fingerprint density at radius 1 is 1.39 bits per heavy atom. The van der Waals surface area contributed by atoms with Crippen molar-refractivity contribution in [3.63, 3.8) is 0 Å². The Morgan fingerprint density at radius 2 is 2.00 bits per heavy atom. The molecule has 0 bridgehead atoms. The van der Waals surface area contributed by atoms with E-state index in [2.05, 4.69) is 10.6 Å². The quantitative estimate of drug-likeness (QED) is 0.740. The van der Waals surface area contributed by atoms with E-state index < -0.39 is 17.2 Å². The Kier molecular flexibility index (Phi) is 4.81. The van der Waals surface area contributed by atoms with E-state index in [0.29, 0.717) is 13.2 Å². The number of amides is 2. The van der Waals surface area contributed by atoms with E-state index in [4.69, 9.17) is 21.1 Å². The van der Waals surface area contributed by atoms with Crippen LogP contribution in [0.15, 0.2) is 0 Å². The standard InChI is InChI=1S/C11H19ClN2O4/c1-10(2,3)18-9(16)13-5-11(6-17-7-11)14-8(15)4-12/h4-7H2,1-3H3,(H,13,16)(H,14,15). The molecule has 1 aliphatic rings. The molecule has 0 saturated carbocycles. The maximum absolute atomic E-state index is 11.5. The summed E-state index contributed by atoms with van der Waals surface area (Å²) in [5.41, 5.74) is -1.12. The van der Waals surface area contributed by atoms with Crippen LogP contribution in [0.4, 0.5) is 4.79 Å². The van der Waals surface area contributed by atoms with E-state index in [1.807, 2.05) is 0 Å². The molecule has 0 atom stereocenters. The summed E-state index contributed by atoms with van der Waals surface area (Å²) in [5.74, 6) is -0.403. The third-order valence-electron chi connectivity index (χ3n) is 2.25. The largest absolute Gasteiger partial charge is 0.444 e. The summed E-state index contributed by atoms with van der Waals surface area (Å²) in [5, 5.41) is 5.34. The summed E-state index contributed by atoms with van der Waals surface area (Å²) in [6, 6.07) is 0. The molecular weight excluding hydrogens is 260 g/mol. The Bertz CT molecular complexity index is 323. The van der Waals surface area contributed by atoms with Crippen LogP contribution in [0.25, 0.3) is 0 Å². The van der Waals surface area contributed by atoms with Crippen LogP contribution < -0.4 is 10.6 Å². The molecule has 2 N–H and O–H groups in total. The number of carbonyl (C=O) groups is 2. The number of alkyl carbamates (subject to hydrolysis) is 1. The predicted octanol–water partition coefficient (Wildman–Crippen LogP) is 0.635. The van der Waals surface area contributed by atoms with Crippen molar-refractivity contribution in [3.8, 4) is 0 Å². The Morgan fingerprint density at radius 3 is 2.39 bits per heavy atom. The normalized spacial score (nSPS) is 17.6. The second-order valence-corrected chi connectivity index (χ2v) is 5.58. The highest BCUT2D eigenvalue weighted by Crippen LogP contribution is 2.16. The molecule has 18 heavy (non-hydrogen) atoms. The lowest BCUT2D eigenvalue weighted by Crippen LogP contribution is -2.67. The summed E-state index contributed by atoms with van der Waals surface area (Å²) < 4.78 is 10.2. The van der Waals surface area contributed by atoms with Crippen LogP contribution in [0.2, 0.25) is 0 Å². The van der Waals surface area contributed by atoms with E-state index in [-0.39, 0.29) is 18.3 Å². The number of nitrogens with one attached hydrogen (secondary N) is 2. The second kappa shape index (κ2) is 5.75. The monoisotopic (exact) mass is 278 g/mol. The van der Waals surface area contributed by atoms with Gasteiger partial charge in [0, 0.05) is 6.54 Å². The van der Waals surface area contributed by atoms with E-state index in [1.165, 1.54) is 0 Å². The van der Waals surface area contributed by atoms with Gasteiger partial charge in [0.1, 0.15) is 17.0 Å². The zero-order valence-corrected chi connectivity index (χ0v) is 11.6. The fraction of sp³-hybridized carbons (Fsp3) is 0.818.